The van der Waals surface area contributed by atoms with E-state index in [0.717, 1.165) is 70.4 Å². The van der Waals surface area contributed by atoms with Crippen molar-refractivity contribution in [3.63, 3.8) is 0 Å². The van der Waals surface area contributed by atoms with Crippen LogP contribution in [0.5, 0.6) is 0 Å². The lowest BCUT2D eigenvalue weighted by atomic mass is 10.1. The molecule has 1 amide bonds. The number of hydrogen-bond donors (Lipinski definition) is 4. The largest absolute Gasteiger partial charge is 0.352 e. The number of amides is 1. The first kappa shape index (κ1) is 21.6. The van der Waals surface area contributed by atoms with E-state index in [1.54, 1.807) is 0 Å². The summed E-state index contributed by atoms with van der Waals surface area (Å²) in [5.74, 6) is 0.0123. The average Bonchev–Trinajstić information content (AvgIpc) is 2.64. The van der Waals surface area contributed by atoms with Gasteiger partial charge >= 0.3 is 0 Å². The summed E-state index contributed by atoms with van der Waals surface area (Å²) < 4.78 is 0. The Morgan fingerprint density at radius 1 is 0.760 bits per heavy atom. The number of nitrogens with one attached hydrogen (secondary N) is 2. The predicted molar refractivity (Wildman–Crippen MR) is 106 cm³/mol. The standard InChI is InChI=1S/C20H36N4O/c21-13-5-1-3-7-15-23-17-18-9-11-19(12-10-18)20(25)24-16-8-4-2-6-14-22/h9-12,23H,1-8,13-17,21-22H2,(H,24,25). The fourth-order valence-corrected chi connectivity index (χ4v) is 2.68. The average molecular weight is 349 g/mol. The summed E-state index contributed by atoms with van der Waals surface area (Å²) in [6.45, 7) is 4.15. The van der Waals surface area contributed by atoms with Gasteiger partial charge in [0.15, 0.2) is 0 Å². The van der Waals surface area contributed by atoms with Crippen LogP contribution in [-0.2, 0) is 6.54 Å². The van der Waals surface area contributed by atoms with Crippen molar-refractivity contribution in [3.8, 4) is 0 Å². The van der Waals surface area contributed by atoms with Crippen molar-refractivity contribution in [2.24, 2.45) is 11.5 Å². The highest BCUT2D eigenvalue weighted by molar-refractivity contribution is 5.94. The molecule has 0 saturated carbocycles. The fourth-order valence-electron chi connectivity index (χ4n) is 2.68. The number of carbonyl (C=O) groups is 1. The monoisotopic (exact) mass is 348 g/mol. The van der Waals surface area contributed by atoms with Gasteiger partial charge in [0.25, 0.3) is 5.91 Å². The van der Waals surface area contributed by atoms with E-state index < -0.39 is 0 Å². The van der Waals surface area contributed by atoms with Crippen LogP contribution < -0.4 is 22.1 Å². The molecule has 0 aliphatic heterocycles. The summed E-state index contributed by atoms with van der Waals surface area (Å²) in [5, 5.41) is 6.42. The molecule has 5 nitrogen and oxygen atoms in total. The quantitative estimate of drug-likeness (QED) is 0.366. The van der Waals surface area contributed by atoms with Gasteiger partial charge in [0.05, 0.1) is 0 Å². The minimum atomic E-state index is 0.0123. The Balaban J connectivity index is 2.14. The molecule has 142 valence electrons. The van der Waals surface area contributed by atoms with Crippen LogP contribution in [0.2, 0.25) is 0 Å². The maximum atomic E-state index is 12.1. The predicted octanol–water partition coefficient (Wildman–Crippen LogP) is 2.54. The summed E-state index contributed by atoms with van der Waals surface area (Å²) in [6, 6.07) is 7.86. The van der Waals surface area contributed by atoms with Gasteiger partial charge in [-0.05, 0) is 63.0 Å². The van der Waals surface area contributed by atoms with Crippen LogP contribution in [0.4, 0.5) is 0 Å². The SMILES string of the molecule is NCCCCCCNCc1ccc(C(=O)NCCCCCCN)cc1. The number of nitrogens with two attached hydrogens (primary N) is 2. The number of rotatable bonds is 15. The number of unbranched alkanes of at least 4 members (excludes halogenated alkanes) is 6. The molecule has 0 radical (unpaired) electrons. The summed E-state index contributed by atoms with van der Waals surface area (Å²) >= 11 is 0. The van der Waals surface area contributed by atoms with E-state index in [1.807, 2.05) is 24.3 Å². The zero-order valence-corrected chi connectivity index (χ0v) is 15.6. The Hall–Kier alpha value is -1.43. The molecule has 1 rings (SSSR count). The first-order valence-corrected chi connectivity index (χ1v) is 9.76. The Bertz CT molecular complexity index is 448. The van der Waals surface area contributed by atoms with Crippen molar-refractivity contribution in [1.29, 1.82) is 0 Å². The molecule has 1 aromatic rings. The van der Waals surface area contributed by atoms with Crippen LogP contribution in [0.3, 0.4) is 0 Å². The number of carbonyl (C=O) groups excluding carboxylic acids is 1. The van der Waals surface area contributed by atoms with Gasteiger partial charge in [-0.3, -0.25) is 4.79 Å². The van der Waals surface area contributed by atoms with E-state index >= 15 is 0 Å². The lowest BCUT2D eigenvalue weighted by Crippen LogP contribution is -2.24. The van der Waals surface area contributed by atoms with Gasteiger partial charge < -0.3 is 22.1 Å². The van der Waals surface area contributed by atoms with Crippen LogP contribution in [0.15, 0.2) is 24.3 Å². The van der Waals surface area contributed by atoms with Crippen molar-refractivity contribution in [3.05, 3.63) is 35.4 Å². The molecule has 0 heterocycles. The molecule has 6 N–H and O–H groups in total. The molecule has 0 aliphatic carbocycles. The van der Waals surface area contributed by atoms with Gasteiger partial charge in [-0.2, -0.15) is 0 Å². The third kappa shape index (κ3) is 10.9. The van der Waals surface area contributed by atoms with Crippen molar-refractivity contribution in [2.75, 3.05) is 26.2 Å². The third-order valence-corrected chi connectivity index (χ3v) is 4.27. The molecule has 0 fully saturated rings. The Morgan fingerprint density at radius 2 is 1.32 bits per heavy atom. The second kappa shape index (κ2) is 14.9. The Labute approximate surface area is 152 Å². The highest BCUT2D eigenvalue weighted by Gasteiger charge is 2.04. The smallest absolute Gasteiger partial charge is 0.251 e. The molecule has 0 bridgehead atoms. The highest BCUT2D eigenvalue weighted by Crippen LogP contribution is 2.05. The summed E-state index contributed by atoms with van der Waals surface area (Å²) in [7, 11) is 0. The lowest BCUT2D eigenvalue weighted by molar-refractivity contribution is 0.0953. The maximum absolute atomic E-state index is 12.1. The van der Waals surface area contributed by atoms with Crippen LogP contribution in [0.1, 0.15) is 67.3 Å². The second-order valence-electron chi connectivity index (χ2n) is 6.54. The van der Waals surface area contributed by atoms with Gasteiger partial charge in [0.1, 0.15) is 0 Å². The first-order valence-electron chi connectivity index (χ1n) is 9.76. The molecule has 1 aromatic carbocycles. The Kier molecular flexibility index (Phi) is 12.9. The summed E-state index contributed by atoms with van der Waals surface area (Å²) in [6.07, 6.45) is 9.10. The Morgan fingerprint density at radius 3 is 1.92 bits per heavy atom. The van der Waals surface area contributed by atoms with Crippen molar-refractivity contribution >= 4 is 5.91 Å². The molecule has 0 spiro atoms. The van der Waals surface area contributed by atoms with E-state index in [4.69, 9.17) is 11.5 Å². The zero-order chi connectivity index (χ0) is 18.2. The molecule has 0 atom stereocenters. The van der Waals surface area contributed by atoms with Crippen LogP contribution in [-0.4, -0.2) is 32.1 Å². The van der Waals surface area contributed by atoms with E-state index in [1.165, 1.54) is 24.8 Å². The van der Waals surface area contributed by atoms with E-state index in [9.17, 15) is 4.79 Å². The minimum absolute atomic E-state index is 0.0123. The summed E-state index contributed by atoms with van der Waals surface area (Å²) in [4.78, 5) is 12.1. The normalized spacial score (nSPS) is 10.8. The van der Waals surface area contributed by atoms with Crippen LogP contribution >= 0.6 is 0 Å². The second-order valence-corrected chi connectivity index (χ2v) is 6.54. The van der Waals surface area contributed by atoms with Crippen molar-refractivity contribution in [1.82, 2.24) is 10.6 Å². The molecule has 0 unspecified atom stereocenters. The summed E-state index contributed by atoms with van der Waals surface area (Å²) in [5.41, 5.74) is 12.9. The topological polar surface area (TPSA) is 93.2 Å². The molecular formula is C20H36N4O. The lowest BCUT2D eigenvalue weighted by Gasteiger charge is -2.07. The maximum Gasteiger partial charge on any atom is 0.251 e. The molecule has 5 heteroatoms. The molecule has 0 saturated heterocycles. The van der Waals surface area contributed by atoms with Gasteiger partial charge in [-0.25, -0.2) is 0 Å². The number of hydrogen-bond acceptors (Lipinski definition) is 4. The van der Waals surface area contributed by atoms with Crippen molar-refractivity contribution < 1.29 is 4.79 Å². The molecule has 25 heavy (non-hydrogen) atoms. The number of benzene rings is 1. The minimum Gasteiger partial charge on any atom is -0.352 e. The highest BCUT2D eigenvalue weighted by atomic mass is 16.1. The molecule has 0 aliphatic rings. The van der Waals surface area contributed by atoms with Gasteiger partial charge in [0.2, 0.25) is 0 Å². The van der Waals surface area contributed by atoms with E-state index in [2.05, 4.69) is 10.6 Å². The third-order valence-electron chi connectivity index (χ3n) is 4.27. The van der Waals surface area contributed by atoms with Crippen LogP contribution in [0.25, 0.3) is 0 Å². The first-order chi connectivity index (χ1) is 12.3. The van der Waals surface area contributed by atoms with Gasteiger partial charge in [-0.15, -0.1) is 0 Å². The van der Waals surface area contributed by atoms with Gasteiger partial charge in [0, 0.05) is 18.7 Å². The zero-order valence-electron chi connectivity index (χ0n) is 15.6. The van der Waals surface area contributed by atoms with Crippen LogP contribution in [0, 0.1) is 0 Å². The van der Waals surface area contributed by atoms with Gasteiger partial charge in [-0.1, -0.05) is 37.8 Å². The molecule has 0 aromatic heterocycles. The fraction of sp³-hybridized carbons (Fsp3) is 0.650. The van der Waals surface area contributed by atoms with E-state index in [0.29, 0.717) is 0 Å². The molecular weight excluding hydrogens is 312 g/mol. The van der Waals surface area contributed by atoms with Crippen molar-refractivity contribution in [2.45, 2.75) is 57.9 Å². The van der Waals surface area contributed by atoms with E-state index in [-0.39, 0.29) is 5.91 Å².